The molecule has 1 unspecified atom stereocenters. The summed E-state index contributed by atoms with van der Waals surface area (Å²) < 4.78 is 4.80. The van der Waals surface area contributed by atoms with Crippen LogP contribution in [-0.4, -0.2) is 48.4 Å². The van der Waals surface area contributed by atoms with Gasteiger partial charge in [0, 0.05) is 33.0 Å². The molecular weight excluding hydrogens is 226 g/mol. The largest absolute Gasteiger partial charge is 0.389 e. The number of hydrogen-bond donors (Lipinski definition) is 1. The molecule has 0 bridgehead atoms. The van der Waals surface area contributed by atoms with Crippen LogP contribution in [0.15, 0.2) is 18.3 Å². The van der Waals surface area contributed by atoms with Gasteiger partial charge in [-0.1, -0.05) is 0 Å². The van der Waals surface area contributed by atoms with Gasteiger partial charge in [-0.15, -0.1) is 0 Å². The maximum Gasteiger partial charge on any atom is 0.274 e. The summed E-state index contributed by atoms with van der Waals surface area (Å²) in [6.45, 7) is 0.501. The average Bonchev–Trinajstić information content (AvgIpc) is 2.29. The fraction of sp³-hybridized carbons (Fsp3) is 0.500. The number of rotatable bonds is 6. The molecule has 7 nitrogen and oxygen atoms in total. The van der Waals surface area contributed by atoms with Gasteiger partial charge in [0.25, 0.3) is 5.69 Å². The minimum atomic E-state index is -0.661. The Morgan fingerprint density at radius 1 is 1.71 bits per heavy atom. The zero-order valence-corrected chi connectivity index (χ0v) is 9.74. The zero-order valence-electron chi connectivity index (χ0n) is 9.74. The van der Waals surface area contributed by atoms with Crippen LogP contribution in [0.5, 0.6) is 0 Å². The van der Waals surface area contributed by atoms with Gasteiger partial charge in [-0.3, -0.25) is 10.1 Å². The van der Waals surface area contributed by atoms with Gasteiger partial charge >= 0.3 is 0 Å². The summed E-state index contributed by atoms with van der Waals surface area (Å²) in [4.78, 5) is 15.7. The van der Waals surface area contributed by atoms with Crippen molar-refractivity contribution < 1.29 is 14.8 Å². The minimum Gasteiger partial charge on any atom is -0.389 e. The van der Waals surface area contributed by atoms with Gasteiger partial charge in [0.15, 0.2) is 0 Å². The van der Waals surface area contributed by atoms with Crippen molar-refractivity contribution in [2.45, 2.75) is 6.10 Å². The highest BCUT2D eigenvalue weighted by atomic mass is 16.6. The predicted molar refractivity (Wildman–Crippen MR) is 62.0 cm³/mol. The standard InChI is InChI=1S/C10H15N3O4/c1-12(6-9(14)7-17-2)10-5-8(13(15)16)3-4-11-10/h3-5,9,14H,6-7H2,1-2H3. The topological polar surface area (TPSA) is 88.7 Å². The molecule has 0 saturated heterocycles. The molecule has 1 aromatic heterocycles. The number of hydrogen-bond acceptors (Lipinski definition) is 6. The van der Waals surface area contributed by atoms with Crippen molar-refractivity contribution in [3.05, 3.63) is 28.4 Å². The van der Waals surface area contributed by atoms with E-state index < -0.39 is 11.0 Å². The van der Waals surface area contributed by atoms with Crippen LogP contribution in [0, 0.1) is 10.1 Å². The molecule has 94 valence electrons. The molecule has 1 aromatic rings. The summed E-state index contributed by atoms with van der Waals surface area (Å²) in [7, 11) is 3.19. The smallest absolute Gasteiger partial charge is 0.274 e. The zero-order chi connectivity index (χ0) is 12.8. The molecule has 0 spiro atoms. The number of aliphatic hydroxyl groups is 1. The Morgan fingerprint density at radius 3 is 3.00 bits per heavy atom. The number of nitro groups is 1. The van der Waals surface area contributed by atoms with E-state index in [2.05, 4.69) is 4.98 Å². The molecule has 1 N–H and O–H groups in total. The third-order valence-corrected chi connectivity index (χ3v) is 2.17. The maximum absolute atomic E-state index is 10.6. The minimum absolute atomic E-state index is 0.0249. The SMILES string of the molecule is COCC(O)CN(C)c1cc([N+](=O)[O-])ccn1. The lowest BCUT2D eigenvalue weighted by molar-refractivity contribution is -0.384. The summed E-state index contributed by atoms with van der Waals surface area (Å²) in [6.07, 6.45) is 0.707. The highest BCUT2D eigenvalue weighted by molar-refractivity contribution is 5.46. The fourth-order valence-corrected chi connectivity index (χ4v) is 1.38. The third-order valence-electron chi connectivity index (χ3n) is 2.17. The average molecular weight is 241 g/mol. The van der Waals surface area contributed by atoms with Gasteiger partial charge in [0.2, 0.25) is 0 Å². The van der Waals surface area contributed by atoms with Crippen LogP contribution in [0.25, 0.3) is 0 Å². The van der Waals surface area contributed by atoms with Crippen LogP contribution in [0.3, 0.4) is 0 Å². The van der Waals surface area contributed by atoms with Gasteiger partial charge in [0.1, 0.15) is 5.82 Å². The van der Waals surface area contributed by atoms with E-state index in [9.17, 15) is 15.2 Å². The monoisotopic (exact) mass is 241 g/mol. The number of ether oxygens (including phenoxy) is 1. The maximum atomic E-state index is 10.6. The van der Waals surface area contributed by atoms with E-state index in [4.69, 9.17) is 4.74 Å². The molecule has 1 rings (SSSR count). The van der Waals surface area contributed by atoms with Crippen LogP contribution in [0.4, 0.5) is 11.5 Å². The van der Waals surface area contributed by atoms with Crippen molar-refractivity contribution >= 4 is 11.5 Å². The Bertz CT molecular complexity index is 386. The van der Waals surface area contributed by atoms with Crippen LogP contribution in [0.2, 0.25) is 0 Å². The molecule has 1 atom stereocenters. The first-order valence-corrected chi connectivity index (χ1v) is 5.03. The first-order valence-electron chi connectivity index (χ1n) is 5.03. The Hall–Kier alpha value is -1.73. The fourth-order valence-electron chi connectivity index (χ4n) is 1.38. The Kier molecular flexibility index (Phi) is 4.80. The van der Waals surface area contributed by atoms with Crippen molar-refractivity contribution in [3.8, 4) is 0 Å². The Morgan fingerprint density at radius 2 is 2.41 bits per heavy atom. The number of likely N-dealkylation sites (N-methyl/N-ethyl adjacent to an activating group) is 1. The number of aliphatic hydroxyl groups excluding tert-OH is 1. The number of pyridine rings is 1. The van der Waals surface area contributed by atoms with E-state index in [0.29, 0.717) is 12.4 Å². The molecule has 0 aliphatic heterocycles. The van der Waals surface area contributed by atoms with Crippen molar-refractivity contribution in [2.75, 3.05) is 32.2 Å². The summed E-state index contributed by atoms with van der Waals surface area (Å²) >= 11 is 0. The molecule has 0 amide bonds. The molecular formula is C10H15N3O4. The van der Waals surface area contributed by atoms with E-state index >= 15 is 0 Å². The van der Waals surface area contributed by atoms with E-state index in [0.717, 1.165) is 0 Å². The summed E-state index contributed by atoms with van der Waals surface area (Å²) in [5.74, 6) is 0.439. The first kappa shape index (κ1) is 13.3. The van der Waals surface area contributed by atoms with E-state index in [1.54, 1.807) is 11.9 Å². The molecule has 1 heterocycles. The van der Waals surface area contributed by atoms with Crippen LogP contribution >= 0.6 is 0 Å². The van der Waals surface area contributed by atoms with Gasteiger partial charge in [-0.2, -0.15) is 0 Å². The number of methoxy groups -OCH3 is 1. The third kappa shape index (κ3) is 3.97. The molecule has 0 fully saturated rings. The molecule has 0 radical (unpaired) electrons. The second-order valence-electron chi connectivity index (χ2n) is 3.62. The van der Waals surface area contributed by atoms with Gasteiger partial charge in [0.05, 0.1) is 23.7 Å². The highest BCUT2D eigenvalue weighted by Gasteiger charge is 2.13. The molecule has 0 aliphatic carbocycles. The quantitative estimate of drug-likeness (QED) is 0.574. The van der Waals surface area contributed by atoms with Crippen LogP contribution in [-0.2, 0) is 4.74 Å². The molecule has 0 aromatic carbocycles. The van der Waals surface area contributed by atoms with Gasteiger partial charge in [-0.05, 0) is 0 Å². The first-order chi connectivity index (χ1) is 8.04. The van der Waals surface area contributed by atoms with Crippen molar-refractivity contribution in [1.29, 1.82) is 0 Å². The van der Waals surface area contributed by atoms with Crippen molar-refractivity contribution in [2.24, 2.45) is 0 Å². The molecule has 17 heavy (non-hydrogen) atoms. The number of nitrogens with zero attached hydrogens (tertiary/aromatic N) is 3. The lowest BCUT2D eigenvalue weighted by Crippen LogP contribution is -2.32. The second-order valence-corrected chi connectivity index (χ2v) is 3.62. The second kappa shape index (κ2) is 6.12. The molecule has 7 heteroatoms. The van der Waals surface area contributed by atoms with Crippen LogP contribution in [0.1, 0.15) is 0 Å². The van der Waals surface area contributed by atoms with Gasteiger partial charge in [-0.25, -0.2) is 4.98 Å². The van der Waals surface area contributed by atoms with Gasteiger partial charge < -0.3 is 14.7 Å². The van der Waals surface area contributed by atoms with Crippen molar-refractivity contribution in [3.63, 3.8) is 0 Å². The molecule has 0 saturated carbocycles. The summed E-state index contributed by atoms with van der Waals surface area (Å²) in [6, 6.07) is 2.68. The summed E-state index contributed by atoms with van der Waals surface area (Å²) in [5, 5.41) is 20.1. The Balaban J connectivity index is 2.71. The normalized spacial score (nSPS) is 12.2. The van der Waals surface area contributed by atoms with E-state index in [-0.39, 0.29) is 12.3 Å². The Labute approximate surface area is 98.8 Å². The van der Waals surface area contributed by atoms with Crippen molar-refractivity contribution in [1.82, 2.24) is 4.98 Å². The van der Waals surface area contributed by atoms with E-state index in [1.807, 2.05) is 0 Å². The van der Waals surface area contributed by atoms with Crippen LogP contribution < -0.4 is 4.90 Å². The number of anilines is 1. The van der Waals surface area contributed by atoms with E-state index in [1.165, 1.54) is 25.4 Å². The lowest BCUT2D eigenvalue weighted by atomic mass is 10.3. The highest BCUT2D eigenvalue weighted by Crippen LogP contribution is 2.17. The number of aromatic nitrogens is 1. The molecule has 0 aliphatic rings. The summed E-state index contributed by atoms with van der Waals surface area (Å²) in [5.41, 5.74) is -0.0249. The lowest BCUT2D eigenvalue weighted by Gasteiger charge is -2.20. The predicted octanol–water partition coefficient (Wildman–Crippen LogP) is 0.433.